The molecule has 0 saturated heterocycles. The summed E-state index contributed by atoms with van der Waals surface area (Å²) in [6.45, 7) is 8.43. The van der Waals surface area contributed by atoms with Crippen LogP contribution in [0.4, 0.5) is 11.4 Å². The van der Waals surface area contributed by atoms with Gasteiger partial charge in [-0.05, 0) is 75.4 Å². The third-order valence-corrected chi connectivity index (χ3v) is 7.08. The molecule has 4 aromatic rings. The first kappa shape index (κ1) is 26.8. The van der Waals surface area contributed by atoms with E-state index in [4.69, 9.17) is 38.0 Å². The predicted molar refractivity (Wildman–Crippen MR) is 155 cm³/mol. The second kappa shape index (κ2) is 12.3. The van der Waals surface area contributed by atoms with Gasteiger partial charge in [-0.3, -0.25) is 0 Å². The molecule has 4 rings (SSSR count). The molecule has 0 saturated carbocycles. The average Bonchev–Trinajstić information content (AvgIpc) is 3.27. The van der Waals surface area contributed by atoms with E-state index in [2.05, 4.69) is 18.7 Å². The fourth-order valence-corrected chi connectivity index (χ4v) is 5.16. The Morgan fingerprint density at radius 3 is 2.41 bits per heavy atom. The van der Waals surface area contributed by atoms with Crippen molar-refractivity contribution in [3.63, 3.8) is 0 Å². The monoisotopic (exact) mass is 554 g/mol. The highest BCUT2D eigenvalue weighted by atomic mass is 35.5. The lowest BCUT2D eigenvalue weighted by molar-refractivity contribution is 0.340. The summed E-state index contributed by atoms with van der Waals surface area (Å²) >= 11 is 14.1. The topological polar surface area (TPSA) is 62.3 Å². The molecule has 0 unspecified atom stereocenters. The molecule has 0 bridgehead atoms. The van der Waals surface area contributed by atoms with Gasteiger partial charge in [-0.25, -0.2) is 9.67 Å². The molecule has 192 valence electrons. The maximum atomic E-state index is 10.7. The lowest BCUT2D eigenvalue weighted by atomic mass is 10.2. The highest BCUT2D eigenvalue weighted by Gasteiger charge is 2.12. The number of benzene rings is 3. The van der Waals surface area contributed by atoms with Crippen molar-refractivity contribution < 1.29 is 9.84 Å². The molecule has 6 nitrogen and oxygen atoms in total. The zero-order valence-electron chi connectivity index (χ0n) is 20.9. The second-order valence-electron chi connectivity index (χ2n) is 8.04. The molecule has 1 heterocycles. The summed E-state index contributed by atoms with van der Waals surface area (Å²) < 4.78 is 7.25. The third kappa shape index (κ3) is 6.36. The van der Waals surface area contributed by atoms with Crippen LogP contribution < -0.4 is 14.4 Å². The largest absolute Gasteiger partial charge is 0.507 e. The molecule has 9 heteroatoms. The Morgan fingerprint density at radius 1 is 1.00 bits per heavy atom. The number of anilines is 1. The van der Waals surface area contributed by atoms with Crippen LogP contribution in [0.1, 0.15) is 26.3 Å². The lowest BCUT2D eigenvalue weighted by Gasteiger charge is -2.21. The molecular weight excluding hydrogens is 527 g/mol. The molecule has 0 aliphatic rings. The Hall–Kier alpha value is -3.26. The van der Waals surface area contributed by atoms with Crippen molar-refractivity contribution >= 4 is 52.1 Å². The molecule has 1 N–H and O–H groups in total. The van der Waals surface area contributed by atoms with Crippen LogP contribution in [0.5, 0.6) is 11.5 Å². The Kier molecular flexibility index (Phi) is 8.92. The van der Waals surface area contributed by atoms with Crippen molar-refractivity contribution in [1.82, 2.24) is 4.68 Å². The van der Waals surface area contributed by atoms with Crippen LogP contribution in [0.25, 0.3) is 11.3 Å². The number of aromatic hydroxyl groups is 1. The third-order valence-electron chi connectivity index (χ3n) is 5.72. The van der Waals surface area contributed by atoms with Crippen LogP contribution in [0, 0.1) is 0 Å². The molecule has 0 spiro atoms. The Labute approximate surface area is 230 Å². The summed E-state index contributed by atoms with van der Waals surface area (Å²) in [6.07, 6.45) is 1.62. The Bertz CT molecular complexity index is 1460. The van der Waals surface area contributed by atoms with Crippen molar-refractivity contribution in [1.29, 1.82) is 0 Å². The summed E-state index contributed by atoms with van der Waals surface area (Å²) in [6, 6.07) is 18.5. The van der Waals surface area contributed by atoms with Crippen molar-refractivity contribution in [2.75, 3.05) is 24.6 Å². The molecule has 0 amide bonds. The van der Waals surface area contributed by atoms with Crippen LogP contribution in [-0.2, 0) is 0 Å². The fraction of sp³-hybridized carbons (Fsp3) is 0.214. The highest BCUT2D eigenvalue weighted by Crippen LogP contribution is 2.31. The number of hydrogen-bond acceptors (Lipinski definition) is 6. The number of nitrogens with zero attached hydrogens (tertiary/aromatic N) is 4. The quantitative estimate of drug-likeness (QED) is 0.217. The number of aromatic nitrogens is 1. The minimum absolute atomic E-state index is 0.153. The summed E-state index contributed by atoms with van der Waals surface area (Å²) in [4.78, 5) is 7.61. The zero-order valence-corrected chi connectivity index (χ0v) is 23.2. The van der Waals surface area contributed by atoms with Crippen LogP contribution >= 0.6 is 34.5 Å². The molecule has 0 aliphatic carbocycles. The smallest absolute Gasteiger partial charge is 0.211 e. The first-order valence-corrected chi connectivity index (χ1v) is 13.6. The van der Waals surface area contributed by atoms with Gasteiger partial charge in [0.1, 0.15) is 11.5 Å². The van der Waals surface area contributed by atoms with Gasteiger partial charge in [0.2, 0.25) is 4.80 Å². The summed E-state index contributed by atoms with van der Waals surface area (Å²) in [5.41, 5.74) is 3.84. The molecule has 37 heavy (non-hydrogen) atoms. The van der Waals surface area contributed by atoms with E-state index in [-0.39, 0.29) is 5.75 Å². The van der Waals surface area contributed by atoms with Crippen molar-refractivity contribution in [3.8, 4) is 22.8 Å². The Morgan fingerprint density at radius 2 is 1.76 bits per heavy atom. The van der Waals surface area contributed by atoms with Crippen LogP contribution in [0.3, 0.4) is 0 Å². The normalized spacial score (nSPS) is 11.9. The molecule has 0 fully saturated rings. The Balaban J connectivity index is 1.78. The van der Waals surface area contributed by atoms with E-state index in [1.165, 1.54) is 11.3 Å². The second-order valence-corrected chi connectivity index (χ2v) is 9.72. The molecule has 3 aromatic carbocycles. The summed E-state index contributed by atoms with van der Waals surface area (Å²) in [7, 11) is 0. The molecular formula is C28H28Cl2N4O2S. The maximum Gasteiger partial charge on any atom is 0.211 e. The number of hydrogen-bond donors (Lipinski definition) is 1. The minimum Gasteiger partial charge on any atom is -0.507 e. The van der Waals surface area contributed by atoms with Gasteiger partial charge in [0.05, 0.1) is 29.2 Å². The van der Waals surface area contributed by atoms with Gasteiger partial charge in [0.25, 0.3) is 0 Å². The fourth-order valence-electron chi connectivity index (χ4n) is 3.81. The highest BCUT2D eigenvalue weighted by molar-refractivity contribution is 7.07. The number of thiazole rings is 1. The van der Waals surface area contributed by atoms with Gasteiger partial charge in [-0.1, -0.05) is 23.2 Å². The van der Waals surface area contributed by atoms with E-state index in [0.717, 1.165) is 41.5 Å². The van der Waals surface area contributed by atoms with E-state index in [1.54, 1.807) is 29.1 Å². The van der Waals surface area contributed by atoms with Crippen molar-refractivity contribution in [3.05, 3.63) is 86.5 Å². The number of ether oxygens (including phenoxy) is 1. The standard InChI is InChI=1S/C28H28Cl2N4O2S/c1-4-33(5-2)22-11-7-19(27(35)16-22)17-31-34-26(24-14-8-20(29)15-25(24)30)18-37-28(34)32-21-9-12-23(13-10-21)36-6-3/h7-18,35H,4-6H2,1-3H3. The number of phenols is 1. The molecule has 0 radical (unpaired) electrons. The average molecular weight is 556 g/mol. The van der Waals surface area contributed by atoms with Crippen molar-refractivity contribution in [2.24, 2.45) is 10.1 Å². The SMILES string of the molecule is CCOc1ccc(N=c2scc(-c3ccc(Cl)cc3Cl)n2N=Cc2ccc(N(CC)CC)cc2O)cc1. The summed E-state index contributed by atoms with van der Waals surface area (Å²) in [5, 5.41) is 18.4. The molecule has 1 aromatic heterocycles. The van der Waals surface area contributed by atoms with Crippen molar-refractivity contribution in [2.45, 2.75) is 20.8 Å². The summed E-state index contributed by atoms with van der Waals surface area (Å²) in [5.74, 6) is 0.941. The number of halogens is 2. The van der Waals surface area contributed by atoms with Gasteiger partial charge < -0.3 is 14.7 Å². The minimum atomic E-state index is 0.153. The van der Waals surface area contributed by atoms with Gasteiger partial charge in [0.15, 0.2) is 0 Å². The zero-order chi connectivity index (χ0) is 26.4. The molecule has 0 atom stereocenters. The van der Waals surface area contributed by atoms with Gasteiger partial charge in [-0.2, -0.15) is 5.10 Å². The van der Waals surface area contributed by atoms with Crippen LogP contribution in [0.15, 0.2) is 76.1 Å². The number of rotatable bonds is 9. The van der Waals surface area contributed by atoms with Gasteiger partial charge in [-0.15, -0.1) is 11.3 Å². The van der Waals surface area contributed by atoms with Gasteiger partial charge >= 0.3 is 0 Å². The number of phenolic OH excluding ortho intramolecular Hbond substituents is 1. The van der Waals surface area contributed by atoms with E-state index >= 15 is 0 Å². The predicted octanol–water partition coefficient (Wildman–Crippen LogP) is 7.59. The molecule has 0 aliphatic heterocycles. The maximum absolute atomic E-state index is 10.7. The first-order chi connectivity index (χ1) is 17.9. The first-order valence-electron chi connectivity index (χ1n) is 12.0. The lowest BCUT2D eigenvalue weighted by Crippen LogP contribution is -2.21. The van der Waals surface area contributed by atoms with E-state index in [0.29, 0.717) is 27.0 Å². The van der Waals surface area contributed by atoms with Crippen LogP contribution in [0.2, 0.25) is 10.0 Å². The van der Waals surface area contributed by atoms with E-state index in [1.807, 2.05) is 54.8 Å². The van der Waals surface area contributed by atoms with E-state index < -0.39 is 0 Å². The van der Waals surface area contributed by atoms with Gasteiger partial charge in [0, 0.05) is 46.4 Å². The van der Waals surface area contributed by atoms with Crippen LogP contribution in [-0.4, -0.2) is 35.7 Å². The van der Waals surface area contributed by atoms with E-state index in [9.17, 15) is 5.11 Å².